The molecule has 1 aromatic rings. The molecule has 1 fully saturated rings. The molecule has 2 amide bonds. The molecule has 0 saturated carbocycles. The number of urea groups is 1. The predicted molar refractivity (Wildman–Crippen MR) is 73.9 cm³/mol. The van der Waals surface area contributed by atoms with E-state index in [1.54, 1.807) is 23.3 Å². The van der Waals surface area contributed by atoms with E-state index < -0.39 is 0 Å². The van der Waals surface area contributed by atoms with E-state index in [1.807, 2.05) is 11.4 Å². The van der Waals surface area contributed by atoms with Crippen molar-refractivity contribution in [2.24, 2.45) is 0 Å². The quantitative estimate of drug-likeness (QED) is 0.845. The third-order valence-corrected chi connectivity index (χ3v) is 3.97. The fraction of sp³-hybridized carbons (Fsp3) is 0.615. The number of hydroxylamine groups is 1. The normalized spacial score (nSPS) is 19.1. The lowest BCUT2D eigenvalue weighted by Gasteiger charge is -2.24. The Kier molecular flexibility index (Phi) is 5.62. The van der Waals surface area contributed by atoms with Crippen LogP contribution in [-0.4, -0.2) is 37.4 Å². The number of ether oxygens (including phenoxy) is 1. The second-order valence-corrected chi connectivity index (χ2v) is 5.60. The van der Waals surface area contributed by atoms with Crippen LogP contribution in [0.1, 0.15) is 24.1 Å². The Morgan fingerprint density at radius 2 is 2.53 bits per heavy atom. The molecule has 0 aromatic carbocycles. The summed E-state index contributed by atoms with van der Waals surface area (Å²) in [5.41, 5.74) is 2.45. The van der Waals surface area contributed by atoms with Gasteiger partial charge in [0.25, 0.3) is 0 Å². The van der Waals surface area contributed by atoms with Gasteiger partial charge in [-0.3, -0.25) is 0 Å². The molecule has 2 heterocycles. The standard InChI is InChI=1S/C13H20N2O3S/c1-15(8-7-11-5-4-10-19-11)13(16)14-18-12-6-2-3-9-17-12/h4-5,10,12H,2-3,6-9H2,1H3,(H,14,16)/t12-/m0/s1. The van der Waals surface area contributed by atoms with Gasteiger partial charge in [0.15, 0.2) is 6.29 Å². The van der Waals surface area contributed by atoms with Crippen LogP contribution in [0.3, 0.4) is 0 Å². The minimum absolute atomic E-state index is 0.231. The number of amides is 2. The summed E-state index contributed by atoms with van der Waals surface area (Å²) in [7, 11) is 1.76. The van der Waals surface area contributed by atoms with E-state index >= 15 is 0 Å². The maximum absolute atomic E-state index is 11.8. The molecule has 1 N–H and O–H groups in total. The van der Waals surface area contributed by atoms with E-state index in [2.05, 4.69) is 11.5 Å². The molecule has 1 atom stereocenters. The lowest BCUT2D eigenvalue weighted by Crippen LogP contribution is -2.41. The number of likely N-dealkylation sites (N-methyl/N-ethyl adjacent to an activating group) is 1. The third kappa shape index (κ3) is 4.81. The highest BCUT2D eigenvalue weighted by Gasteiger charge is 2.17. The first-order chi connectivity index (χ1) is 9.25. The van der Waals surface area contributed by atoms with Crippen LogP contribution in [-0.2, 0) is 16.0 Å². The largest absolute Gasteiger partial charge is 0.350 e. The Morgan fingerprint density at radius 3 is 3.21 bits per heavy atom. The van der Waals surface area contributed by atoms with E-state index in [1.165, 1.54) is 4.88 Å². The molecule has 1 saturated heterocycles. The predicted octanol–water partition coefficient (Wildman–Crippen LogP) is 2.39. The zero-order chi connectivity index (χ0) is 13.5. The van der Waals surface area contributed by atoms with Gasteiger partial charge < -0.3 is 9.64 Å². The van der Waals surface area contributed by atoms with Gasteiger partial charge in [-0.1, -0.05) is 6.07 Å². The lowest BCUT2D eigenvalue weighted by atomic mass is 10.2. The van der Waals surface area contributed by atoms with Crippen molar-refractivity contribution in [2.45, 2.75) is 32.0 Å². The summed E-state index contributed by atoms with van der Waals surface area (Å²) < 4.78 is 5.37. The van der Waals surface area contributed by atoms with Gasteiger partial charge in [0, 0.05) is 31.5 Å². The highest BCUT2D eigenvalue weighted by atomic mass is 32.1. The molecular weight excluding hydrogens is 264 g/mol. The number of nitrogens with one attached hydrogen (secondary N) is 1. The van der Waals surface area contributed by atoms with E-state index in [-0.39, 0.29) is 12.3 Å². The van der Waals surface area contributed by atoms with E-state index in [0.717, 1.165) is 25.7 Å². The SMILES string of the molecule is CN(CCc1cccs1)C(=O)NO[C@H]1CCCCO1. The third-order valence-electron chi connectivity index (χ3n) is 3.04. The Morgan fingerprint density at radius 1 is 1.63 bits per heavy atom. The first-order valence-corrected chi connectivity index (χ1v) is 7.44. The highest BCUT2D eigenvalue weighted by molar-refractivity contribution is 7.09. The van der Waals surface area contributed by atoms with Gasteiger partial charge in [0.05, 0.1) is 0 Å². The van der Waals surface area contributed by atoms with Crippen molar-refractivity contribution in [3.63, 3.8) is 0 Å². The maximum atomic E-state index is 11.8. The molecule has 6 heteroatoms. The summed E-state index contributed by atoms with van der Waals surface area (Å²) in [6.07, 6.45) is 3.53. The van der Waals surface area contributed by atoms with Gasteiger partial charge >= 0.3 is 6.03 Å². The first-order valence-electron chi connectivity index (χ1n) is 6.56. The lowest BCUT2D eigenvalue weighted by molar-refractivity contribution is -0.187. The molecule has 2 rings (SSSR count). The second kappa shape index (κ2) is 7.47. The molecule has 1 aliphatic heterocycles. The maximum Gasteiger partial charge on any atom is 0.341 e. The van der Waals surface area contributed by atoms with Crippen LogP contribution >= 0.6 is 11.3 Å². The van der Waals surface area contributed by atoms with Crippen molar-refractivity contribution in [3.05, 3.63) is 22.4 Å². The van der Waals surface area contributed by atoms with Crippen molar-refractivity contribution in [2.75, 3.05) is 20.2 Å². The Balaban J connectivity index is 1.64. The van der Waals surface area contributed by atoms with Crippen molar-refractivity contribution in [1.29, 1.82) is 0 Å². The molecule has 0 aliphatic carbocycles. The van der Waals surface area contributed by atoms with Gasteiger partial charge in [0.2, 0.25) is 0 Å². The van der Waals surface area contributed by atoms with Crippen molar-refractivity contribution in [1.82, 2.24) is 10.4 Å². The molecule has 1 aromatic heterocycles. The molecule has 0 spiro atoms. The number of thiophene rings is 1. The summed E-state index contributed by atoms with van der Waals surface area (Å²) >= 11 is 1.70. The first kappa shape index (κ1) is 14.3. The average Bonchev–Trinajstić information content (AvgIpc) is 2.96. The number of carbonyl (C=O) groups excluding carboxylic acids is 1. The van der Waals surface area contributed by atoms with Crippen LogP contribution in [0, 0.1) is 0 Å². The van der Waals surface area contributed by atoms with Crippen LogP contribution in [0.5, 0.6) is 0 Å². The topological polar surface area (TPSA) is 50.8 Å². The average molecular weight is 284 g/mol. The Hall–Kier alpha value is -1.11. The molecular formula is C13H20N2O3S. The van der Waals surface area contributed by atoms with E-state index in [4.69, 9.17) is 9.57 Å². The fourth-order valence-corrected chi connectivity index (χ4v) is 2.53. The highest BCUT2D eigenvalue weighted by Crippen LogP contribution is 2.12. The molecule has 1 aliphatic rings. The van der Waals surface area contributed by atoms with Crippen LogP contribution in [0.15, 0.2) is 17.5 Å². The minimum Gasteiger partial charge on any atom is -0.350 e. The molecule has 5 nitrogen and oxygen atoms in total. The van der Waals surface area contributed by atoms with Gasteiger partial charge in [-0.25, -0.2) is 15.1 Å². The zero-order valence-corrected chi connectivity index (χ0v) is 11.9. The van der Waals surface area contributed by atoms with Crippen molar-refractivity contribution in [3.8, 4) is 0 Å². The van der Waals surface area contributed by atoms with E-state index in [0.29, 0.717) is 13.2 Å². The number of rotatable bonds is 5. The summed E-state index contributed by atoms with van der Waals surface area (Å²) in [5.74, 6) is 0. The Labute approximate surface area is 117 Å². The smallest absolute Gasteiger partial charge is 0.341 e. The van der Waals surface area contributed by atoms with Crippen LogP contribution in [0.2, 0.25) is 0 Å². The molecule has 0 radical (unpaired) electrons. The molecule has 19 heavy (non-hydrogen) atoms. The fourth-order valence-electron chi connectivity index (χ4n) is 1.83. The van der Waals surface area contributed by atoms with Gasteiger partial charge in [-0.05, 0) is 30.7 Å². The number of hydrogen-bond acceptors (Lipinski definition) is 4. The van der Waals surface area contributed by atoms with Crippen LogP contribution in [0.25, 0.3) is 0 Å². The zero-order valence-electron chi connectivity index (χ0n) is 11.1. The molecule has 106 valence electrons. The van der Waals surface area contributed by atoms with Crippen LogP contribution < -0.4 is 5.48 Å². The van der Waals surface area contributed by atoms with Gasteiger partial charge in [-0.2, -0.15) is 0 Å². The second-order valence-electron chi connectivity index (χ2n) is 4.57. The summed E-state index contributed by atoms with van der Waals surface area (Å²) in [4.78, 5) is 19.9. The van der Waals surface area contributed by atoms with Crippen LogP contribution in [0.4, 0.5) is 4.79 Å². The molecule has 0 unspecified atom stereocenters. The monoisotopic (exact) mass is 284 g/mol. The van der Waals surface area contributed by atoms with Crippen molar-refractivity contribution >= 4 is 17.4 Å². The summed E-state index contributed by atoms with van der Waals surface area (Å²) in [6.45, 7) is 1.37. The molecule has 0 bridgehead atoms. The summed E-state index contributed by atoms with van der Waals surface area (Å²) in [5, 5.41) is 2.04. The summed E-state index contributed by atoms with van der Waals surface area (Å²) in [6, 6.07) is 3.86. The number of nitrogens with zero attached hydrogens (tertiary/aromatic N) is 1. The number of carbonyl (C=O) groups is 1. The Bertz CT molecular complexity index is 377. The van der Waals surface area contributed by atoms with Crippen molar-refractivity contribution < 1.29 is 14.4 Å². The van der Waals surface area contributed by atoms with Gasteiger partial charge in [-0.15, -0.1) is 11.3 Å². The minimum atomic E-state index is -0.302. The van der Waals surface area contributed by atoms with E-state index in [9.17, 15) is 4.79 Å². The van der Waals surface area contributed by atoms with Gasteiger partial charge in [0.1, 0.15) is 0 Å². The number of hydrogen-bond donors (Lipinski definition) is 1.